The second-order valence-corrected chi connectivity index (χ2v) is 8.26. The van der Waals surface area contributed by atoms with Crippen molar-refractivity contribution in [3.8, 4) is 0 Å². The van der Waals surface area contributed by atoms with Crippen LogP contribution in [0.1, 0.15) is 108 Å². The van der Waals surface area contributed by atoms with Crippen LogP contribution >= 0.6 is 0 Å². The molecule has 0 bridgehead atoms. The molecule has 0 aromatic heterocycles. The average Bonchev–Trinajstić information content (AvgIpc) is 2.70. The normalized spacial score (nSPS) is 18.4. The Bertz CT molecular complexity index is 514. The van der Waals surface area contributed by atoms with Crippen LogP contribution in [-0.4, -0.2) is 18.5 Å². The molecule has 1 heterocycles. The zero-order valence-electron chi connectivity index (χ0n) is 17.7. The standard InChI is InChI=1S/C25H40O2/c1-3-5-7-8-9-12-21-15-17-22(18-16-21)24(14-6-4-2)25(26)20-23-13-10-11-19-27-23/h15-18,23-24H,3-14,19-20H2,1-2H3. The van der Waals surface area contributed by atoms with Crippen LogP contribution in [0.25, 0.3) is 0 Å². The largest absolute Gasteiger partial charge is 0.378 e. The van der Waals surface area contributed by atoms with Crippen LogP contribution in [0.15, 0.2) is 24.3 Å². The van der Waals surface area contributed by atoms with Gasteiger partial charge in [0.25, 0.3) is 0 Å². The van der Waals surface area contributed by atoms with Crippen molar-refractivity contribution in [2.45, 2.75) is 109 Å². The van der Waals surface area contributed by atoms with Crippen LogP contribution in [0.4, 0.5) is 0 Å². The molecule has 1 aromatic carbocycles. The third kappa shape index (κ3) is 8.17. The third-order valence-electron chi connectivity index (χ3n) is 5.89. The number of rotatable bonds is 13. The fourth-order valence-corrected chi connectivity index (χ4v) is 4.11. The number of ether oxygens (including phenoxy) is 1. The highest BCUT2D eigenvalue weighted by Crippen LogP contribution is 2.28. The molecule has 2 heteroatoms. The number of hydrogen-bond acceptors (Lipinski definition) is 2. The van der Waals surface area contributed by atoms with E-state index in [4.69, 9.17) is 4.74 Å². The second kappa shape index (κ2) is 13.1. The summed E-state index contributed by atoms with van der Waals surface area (Å²) in [6.07, 6.45) is 15.1. The molecule has 0 amide bonds. The molecule has 1 fully saturated rings. The van der Waals surface area contributed by atoms with Crippen LogP contribution in [-0.2, 0) is 16.0 Å². The predicted molar refractivity (Wildman–Crippen MR) is 114 cm³/mol. The van der Waals surface area contributed by atoms with Crippen molar-refractivity contribution in [1.82, 2.24) is 0 Å². The van der Waals surface area contributed by atoms with E-state index in [0.29, 0.717) is 12.2 Å². The van der Waals surface area contributed by atoms with Gasteiger partial charge < -0.3 is 4.74 Å². The lowest BCUT2D eigenvalue weighted by atomic mass is 9.86. The summed E-state index contributed by atoms with van der Waals surface area (Å²) >= 11 is 0. The molecule has 2 nitrogen and oxygen atoms in total. The summed E-state index contributed by atoms with van der Waals surface area (Å²) in [7, 11) is 0. The number of aryl methyl sites for hydroxylation is 1. The number of ketones is 1. The average molecular weight is 373 g/mol. The molecule has 1 aliphatic heterocycles. The number of benzene rings is 1. The maximum Gasteiger partial charge on any atom is 0.142 e. The fourth-order valence-electron chi connectivity index (χ4n) is 4.11. The van der Waals surface area contributed by atoms with Gasteiger partial charge in [-0.2, -0.15) is 0 Å². The first-order chi connectivity index (χ1) is 13.2. The Kier molecular flexibility index (Phi) is 10.7. The SMILES string of the molecule is CCCCCCCc1ccc(C(CCCC)C(=O)CC2CCCCO2)cc1. The molecule has 2 unspecified atom stereocenters. The molecule has 2 rings (SSSR count). The van der Waals surface area contributed by atoms with Crippen molar-refractivity contribution in [1.29, 1.82) is 0 Å². The summed E-state index contributed by atoms with van der Waals surface area (Å²) < 4.78 is 5.81. The van der Waals surface area contributed by atoms with E-state index in [1.165, 1.54) is 49.7 Å². The topological polar surface area (TPSA) is 26.3 Å². The van der Waals surface area contributed by atoms with Gasteiger partial charge in [-0.1, -0.05) is 76.6 Å². The molecule has 0 saturated carbocycles. The summed E-state index contributed by atoms with van der Waals surface area (Å²) in [5.74, 6) is 0.428. The van der Waals surface area contributed by atoms with Gasteiger partial charge in [0.05, 0.1) is 6.10 Å². The lowest BCUT2D eigenvalue weighted by molar-refractivity contribution is -0.124. The highest BCUT2D eigenvalue weighted by Gasteiger charge is 2.25. The van der Waals surface area contributed by atoms with Gasteiger partial charge in [0.2, 0.25) is 0 Å². The molecule has 27 heavy (non-hydrogen) atoms. The third-order valence-corrected chi connectivity index (χ3v) is 5.89. The van der Waals surface area contributed by atoms with Crippen molar-refractivity contribution in [2.24, 2.45) is 0 Å². The van der Waals surface area contributed by atoms with E-state index in [1.807, 2.05) is 0 Å². The fraction of sp³-hybridized carbons (Fsp3) is 0.720. The van der Waals surface area contributed by atoms with Crippen molar-refractivity contribution in [3.05, 3.63) is 35.4 Å². The van der Waals surface area contributed by atoms with Crippen molar-refractivity contribution in [2.75, 3.05) is 6.61 Å². The second-order valence-electron chi connectivity index (χ2n) is 8.26. The minimum absolute atomic E-state index is 0.0501. The quantitative estimate of drug-likeness (QED) is 0.348. The Morgan fingerprint density at radius 3 is 2.41 bits per heavy atom. The molecular formula is C25H40O2. The van der Waals surface area contributed by atoms with E-state index in [9.17, 15) is 4.79 Å². The van der Waals surface area contributed by atoms with Crippen molar-refractivity contribution < 1.29 is 9.53 Å². The van der Waals surface area contributed by atoms with Crippen molar-refractivity contribution in [3.63, 3.8) is 0 Å². The van der Waals surface area contributed by atoms with Gasteiger partial charge in [-0.05, 0) is 49.7 Å². The number of Topliss-reactive ketones (excluding diaryl/α,β-unsaturated/α-hetero) is 1. The molecular weight excluding hydrogens is 332 g/mol. The van der Waals surface area contributed by atoms with E-state index in [0.717, 1.165) is 45.1 Å². The molecule has 1 aliphatic rings. The van der Waals surface area contributed by atoms with E-state index in [-0.39, 0.29) is 12.0 Å². The van der Waals surface area contributed by atoms with E-state index in [1.54, 1.807) is 0 Å². The van der Waals surface area contributed by atoms with Gasteiger partial charge >= 0.3 is 0 Å². The lowest BCUT2D eigenvalue weighted by Crippen LogP contribution is -2.25. The summed E-state index contributed by atoms with van der Waals surface area (Å²) in [5, 5.41) is 0. The van der Waals surface area contributed by atoms with E-state index >= 15 is 0 Å². The summed E-state index contributed by atoms with van der Waals surface area (Å²) in [4.78, 5) is 13.0. The molecule has 1 aromatic rings. The van der Waals surface area contributed by atoms with Crippen molar-refractivity contribution >= 4 is 5.78 Å². The van der Waals surface area contributed by atoms with Crippen LogP contribution in [0.5, 0.6) is 0 Å². The molecule has 0 radical (unpaired) electrons. The van der Waals surface area contributed by atoms with Gasteiger partial charge in [-0.3, -0.25) is 4.79 Å². The number of hydrogen-bond donors (Lipinski definition) is 0. The highest BCUT2D eigenvalue weighted by atomic mass is 16.5. The smallest absolute Gasteiger partial charge is 0.142 e. The molecule has 0 N–H and O–H groups in total. The Morgan fingerprint density at radius 2 is 1.74 bits per heavy atom. The van der Waals surface area contributed by atoms with E-state index < -0.39 is 0 Å². The minimum atomic E-state index is 0.0501. The van der Waals surface area contributed by atoms with Gasteiger partial charge in [-0.25, -0.2) is 0 Å². The first-order valence-electron chi connectivity index (χ1n) is 11.5. The summed E-state index contributed by atoms with van der Waals surface area (Å²) in [6.45, 7) is 5.29. The lowest BCUT2D eigenvalue weighted by Gasteiger charge is -2.24. The molecule has 2 atom stereocenters. The highest BCUT2D eigenvalue weighted by molar-refractivity contribution is 5.86. The number of unbranched alkanes of at least 4 members (excludes halogenated alkanes) is 5. The van der Waals surface area contributed by atoms with Gasteiger partial charge in [0.15, 0.2) is 0 Å². The van der Waals surface area contributed by atoms with Gasteiger partial charge in [-0.15, -0.1) is 0 Å². The minimum Gasteiger partial charge on any atom is -0.378 e. The Hall–Kier alpha value is -1.15. The van der Waals surface area contributed by atoms with Crippen LogP contribution in [0.2, 0.25) is 0 Å². The maximum atomic E-state index is 13.0. The Morgan fingerprint density at radius 1 is 1.00 bits per heavy atom. The molecule has 152 valence electrons. The molecule has 1 saturated heterocycles. The molecule has 0 spiro atoms. The Balaban J connectivity index is 1.90. The van der Waals surface area contributed by atoms with Crippen LogP contribution in [0, 0.1) is 0 Å². The zero-order valence-corrected chi connectivity index (χ0v) is 17.7. The van der Waals surface area contributed by atoms with Crippen LogP contribution in [0.3, 0.4) is 0 Å². The Labute approximate surface area is 167 Å². The first kappa shape index (κ1) is 22.1. The maximum absolute atomic E-state index is 13.0. The zero-order chi connectivity index (χ0) is 19.3. The van der Waals surface area contributed by atoms with Gasteiger partial charge in [0.1, 0.15) is 5.78 Å². The summed E-state index contributed by atoms with van der Waals surface area (Å²) in [5.41, 5.74) is 2.62. The predicted octanol–water partition coefficient (Wildman–Crippen LogP) is 7.00. The monoisotopic (exact) mass is 372 g/mol. The molecule has 0 aliphatic carbocycles. The van der Waals surface area contributed by atoms with Gasteiger partial charge in [0, 0.05) is 18.9 Å². The summed E-state index contributed by atoms with van der Waals surface area (Å²) in [6, 6.07) is 8.92. The first-order valence-corrected chi connectivity index (χ1v) is 11.5. The number of carbonyl (C=O) groups is 1. The number of carbonyl (C=O) groups excluding carboxylic acids is 1. The van der Waals surface area contributed by atoms with E-state index in [2.05, 4.69) is 38.1 Å². The van der Waals surface area contributed by atoms with Crippen LogP contribution < -0.4 is 0 Å².